The van der Waals surface area contributed by atoms with Gasteiger partial charge in [0.05, 0.1) is 7.11 Å². The van der Waals surface area contributed by atoms with Crippen LogP contribution in [0.2, 0.25) is 0 Å². The van der Waals surface area contributed by atoms with Crippen molar-refractivity contribution in [1.29, 1.82) is 0 Å². The highest BCUT2D eigenvalue weighted by Gasteiger charge is 2.39. The quantitative estimate of drug-likeness (QED) is 0.870. The van der Waals surface area contributed by atoms with Crippen molar-refractivity contribution in [3.63, 3.8) is 0 Å². The van der Waals surface area contributed by atoms with E-state index in [0.717, 1.165) is 24.1 Å². The number of aromatic nitrogens is 2. The Hall–Kier alpha value is -2.83. The summed E-state index contributed by atoms with van der Waals surface area (Å²) in [6.07, 6.45) is 3.34. The molecule has 1 aromatic carbocycles. The zero-order chi connectivity index (χ0) is 18.1. The Labute approximate surface area is 145 Å². The van der Waals surface area contributed by atoms with Gasteiger partial charge in [0.15, 0.2) is 5.69 Å². The smallest absolute Gasteiger partial charge is 0.326 e. The molecule has 0 aliphatic heterocycles. The second-order valence-electron chi connectivity index (χ2n) is 6.28. The van der Waals surface area contributed by atoms with E-state index in [4.69, 9.17) is 4.74 Å². The van der Waals surface area contributed by atoms with Crippen LogP contribution in [-0.4, -0.2) is 50.9 Å². The summed E-state index contributed by atoms with van der Waals surface area (Å²) in [6.45, 7) is 3.49. The first kappa shape index (κ1) is 17.0. The number of carbonyl (C=O) groups excluding carboxylic acids is 1. The molecule has 1 heterocycles. The zero-order valence-electron chi connectivity index (χ0n) is 14.5. The maximum Gasteiger partial charge on any atom is 0.326 e. The first-order valence-corrected chi connectivity index (χ1v) is 8.18. The van der Waals surface area contributed by atoms with Gasteiger partial charge in [0.1, 0.15) is 17.5 Å². The van der Waals surface area contributed by atoms with E-state index in [1.807, 2.05) is 25.1 Å². The van der Waals surface area contributed by atoms with E-state index in [1.54, 1.807) is 24.1 Å². The first-order chi connectivity index (χ1) is 11.9. The lowest BCUT2D eigenvalue weighted by atomic mass is 10.2. The normalized spacial score (nSPS) is 14.8. The van der Waals surface area contributed by atoms with Crippen LogP contribution in [0, 0.1) is 6.92 Å². The Balaban J connectivity index is 1.92. The number of amides is 1. The summed E-state index contributed by atoms with van der Waals surface area (Å²) >= 11 is 0. The number of hydrogen-bond acceptors (Lipinski definition) is 4. The molecule has 1 amide bonds. The molecule has 0 radical (unpaired) electrons. The molecule has 2 aromatic rings. The molecule has 1 aliphatic carbocycles. The fourth-order valence-corrected chi connectivity index (χ4v) is 2.81. The van der Waals surface area contributed by atoms with Gasteiger partial charge in [-0.25, -0.2) is 9.48 Å². The van der Waals surface area contributed by atoms with Crippen LogP contribution < -0.4 is 4.74 Å². The van der Waals surface area contributed by atoms with Gasteiger partial charge in [0.2, 0.25) is 0 Å². The monoisotopic (exact) mass is 343 g/mol. The fourth-order valence-electron chi connectivity index (χ4n) is 2.81. The van der Waals surface area contributed by atoms with Crippen molar-refractivity contribution < 1.29 is 19.4 Å². The number of ether oxygens (including phenoxy) is 1. The summed E-state index contributed by atoms with van der Waals surface area (Å²) in [5.41, 5.74) is 1.99. The third kappa shape index (κ3) is 3.35. The zero-order valence-corrected chi connectivity index (χ0v) is 14.5. The molecule has 1 N–H and O–H groups in total. The van der Waals surface area contributed by atoms with Gasteiger partial charge in [0, 0.05) is 12.2 Å². The van der Waals surface area contributed by atoms with Crippen molar-refractivity contribution in [3.05, 3.63) is 41.7 Å². The van der Waals surface area contributed by atoms with Gasteiger partial charge in [-0.2, -0.15) is 5.10 Å². The van der Waals surface area contributed by atoms with Gasteiger partial charge in [-0.15, -0.1) is 0 Å². The van der Waals surface area contributed by atoms with Crippen LogP contribution in [0.1, 0.15) is 35.8 Å². The first-order valence-electron chi connectivity index (χ1n) is 8.18. The highest BCUT2D eigenvalue weighted by molar-refractivity contribution is 5.95. The summed E-state index contributed by atoms with van der Waals surface area (Å²) in [4.78, 5) is 25.5. The van der Waals surface area contributed by atoms with Gasteiger partial charge in [-0.1, -0.05) is 6.07 Å². The maximum atomic E-state index is 12.8. The highest BCUT2D eigenvalue weighted by atomic mass is 16.5. The summed E-state index contributed by atoms with van der Waals surface area (Å²) in [5, 5.41) is 13.6. The van der Waals surface area contributed by atoms with Crippen LogP contribution in [-0.2, 0) is 4.79 Å². The Kier molecular flexibility index (Phi) is 4.48. The van der Waals surface area contributed by atoms with Gasteiger partial charge in [-0.05, 0) is 50.5 Å². The molecule has 0 bridgehead atoms. The molecular weight excluding hydrogens is 322 g/mol. The minimum Gasteiger partial charge on any atom is -0.494 e. The molecule has 7 heteroatoms. The molecule has 0 saturated heterocycles. The van der Waals surface area contributed by atoms with Crippen molar-refractivity contribution in [1.82, 2.24) is 14.7 Å². The number of rotatable bonds is 6. The number of carbonyl (C=O) groups is 2. The minimum absolute atomic E-state index is 0.0164. The third-order valence-corrected chi connectivity index (χ3v) is 4.34. The molecule has 1 aliphatic rings. The molecule has 1 unspecified atom stereocenters. The molecule has 7 nitrogen and oxygen atoms in total. The van der Waals surface area contributed by atoms with Crippen molar-refractivity contribution in [2.24, 2.45) is 0 Å². The predicted molar refractivity (Wildman–Crippen MR) is 91.1 cm³/mol. The molecule has 1 saturated carbocycles. The fraction of sp³-hybridized carbons (Fsp3) is 0.389. The van der Waals surface area contributed by atoms with E-state index >= 15 is 0 Å². The molecular formula is C18H21N3O4. The van der Waals surface area contributed by atoms with E-state index in [0.29, 0.717) is 5.75 Å². The predicted octanol–water partition coefficient (Wildman–Crippen LogP) is 2.27. The van der Waals surface area contributed by atoms with E-state index in [2.05, 4.69) is 5.10 Å². The van der Waals surface area contributed by atoms with Crippen molar-refractivity contribution in [2.45, 2.75) is 38.8 Å². The Morgan fingerprint density at radius 3 is 2.68 bits per heavy atom. The second-order valence-corrected chi connectivity index (χ2v) is 6.28. The van der Waals surface area contributed by atoms with Crippen LogP contribution >= 0.6 is 0 Å². The third-order valence-electron chi connectivity index (χ3n) is 4.34. The lowest BCUT2D eigenvalue weighted by Gasteiger charge is -2.25. The van der Waals surface area contributed by atoms with Crippen molar-refractivity contribution in [3.8, 4) is 11.4 Å². The molecule has 132 valence electrons. The standard InChI is InChI=1S/C18H21N3O4/c1-11-4-7-16(25-3)15(10-11)20-9-8-14(19-20)17(22)21(13-5-6-13)12(2)18(23)24/h4,7-10,12-13H,5-6H2,1-3H3,(H,23,24). The van der Waals surface area contributed by atoms with Gasteiger partial charge in [0.25, 0.3) is 5.91 Å². The lowest BCUT2D eigenvalue weighted by molar-refractivity contribution is -0.141. The Morgan fingerprint density at radius 1 is 1.36 bits per heavy atom. The van der Waals surface area contributed by atoms with Gasteiger partial charge in [-0.3, -0.25) is 4.79 Å². The summed E-state index contributed by atoms with van der Waals surface area (Å²) in [5.74, 6) is -0.728. The van der Waals surface area contributed by atoms with Gasteiger partial charge < -0.3 is 14.7 Å². The average molecular weight is 343 g/mol. The minimum atomic E-state index is -1.01. The number of aryl methyl sites for hydroxylation is 1. The average Bonchev–Trinajstić information content (AvgIpc) is 3.29. The molecule has 0 spiro atoms. The number of carboxylic acid groups (broad SMARTS) is 1. The maximum absolute atomic E-state index is 12.8. The second kappa shape index (κ2) is 6.58. The molecule has 3 rings (SSSR count). The molecule has 25 heavy (non-hydrogen) atoms. The topological polar surface area (TPSA) is 84.7 Å². The summed E-state index contributed by atoms with van der Waals surface area (Å²) < 4.78 is 6.93. The lowest BCUT2D eigenvalue weighted by Crippen LogP contribution is -2.44. The summed E-state index contributed by atoms with van der Waals surface area (Å²) in [6, 6.07) is 6.40. The number of nitrogens with zero attached hydrogens (tertiary/aromatic N) is 3. The molecule has 1 aromatic heterocycles. The van der Waals surface area contributed by atoms with Crippen LogP contribution in [0.5, 0.6) is 5.75 Å². The number of aliphatic carboxylic acids is 1. The van der Waals surface area contributed by atoms with Crippen LogP contribution in [0.25, 0.3) is 5.69 Å². The largest absolute Gasteiger partial charge is 0.494 e. The van der Waals surface area contributed by atoms with E-state index < -0.39 is 12.0 Å². The van der Waals surface area contributed by atoms with E-state index in [9.17, 15) is 14.7 Å². The SMILES string of the molecule is COc1ccc(C)cc1-n1ccc(C(=O)N(C2CC2)C(C)C(=O)O)n1. The van der Waals surface area contributed by atoms with Crippen LogP contribution in [0.3, 0.4) is 0 Å². The van der Waals surface area contributed by atoms with E-state index in [-0.39, 0.29) is 17.6 Å². The van der Waals surface area contributed by atoms with E-state index in [1.165, 1.54) is 11.8 Å². The van der Waals surface area contributed by atoms with Crippen LogP contribution in [0.4, 0.5) is 0 Å². The van der Waals surface area contributed by atoms with Crippen molar-refractivity contribution >= 4 is 11.9 Å². The number of benzene rings is 1. The number of carboxylic acids is 1. The number of hydrogen-bond donors (Lipinski definition) is 1. The van der Waals surface area contributed by atoms with Crippen molar-refractivity contribution in [2.75, 3.05) is 7.11 Å². The van der Waals surface area contributed by atoms with Gasteiger partial charge >= 0.3 is 5.97 Å². The highest BCUT2D eigenvalue weighted by Crippen LogP contribution is 2.30. The Bertz CT molecular complexity index is 810. The molecule has 1 fully saturated rings. The number of methoxy groups -OCH3 is 1. The summed E-state index contributed by atoms with van der Waals surface area (Å²) in [7, 11) is 1.58. The van der Waals surface area contributed by atoms with Crippen LogP contribution in [0.15, 0.2) is 30.5 Å². The Morgan fingerprint density at radius 2 is 2.08 bits per heavy atom. The molecule has 1 atom stereocenters.